The average Bonchev–Trinajstić information content (AvgIpc) is 3.01. The topological polar surface area (TPSA) is 37.8 Å². The predicted octanol–water partition coefficient (Wildman–Crippen LogP) is 2.41. The van der Waals surface area contributed by atoms with Crippen LogP contribution in [0.5, 0.6) is 0 Å². The SMILES string of the molecule is CSc1cc(NC(C)C2CC2)ncn1. The smallest absolute Gasteiger partial charge is 0.130 e. The Morgan fingerprint density at radius 2 is 2.29 bits per heavy atom. The molecule has 0 amide bonds. The lowest BCUT2D eigenvalue weighted by molar-refractivity contribution is 0.689. The first-order valence-electron chi connectivity index (χ1n) is 4.92. The van der Waals surface area contributed by atoms with Crippen molar-refractivity contribution in [3.05, 3.63) is 12.4 Å². The molecule has 0 aromatic carbocycles. The highest BCUT2D eigenvalue weighted by molar-refractivity contribution is 7.98. The number of rotatable bonds is 4. The molecule has 0 aliphatic heterocycles. The summed E-state index contributed by atoms with van der Waals surface area (Å²) in [5.41, 5.74) is 0. The molecule has 4 heteroatoms. The second kappa shape index (κ2) is 4.17. The molecule has 0 spiro atoms. The summed E-state index contributed by atoms with van der Waals surface area (Å²) >= 11 is 1.64. The van der Waals surface area contributed by atoms with Gasteiger partial charge >= 0.3 is 0 Å². The van der Waals surface area contributed by atoms with Gasteiger partial charge in [0.2, 0.25) is 0 Å². The highest BCUT2D eigenvalue weighted by Gasteiger charge is 2.27. The molecular formula is C10H15N3S. The zero-order valence-corrected chi connectivity index (χ0v) is 9.34. The molecule has 1 aliphatic carbocycles. The first-order chi connectivity index (χ1) is 6.79. The zero-order chi connectivity index (χ0) is 9.97. The fraction of sp³-hybridized carbons (Fsp3) is 0.600. The summed E-state index contributed by atoms with van der Waals surface area (Å²) in [6.07, 6.45) is 6.35. The van der Waals surface area contributed by atoms with E-state index in [0.29, 0.717) is 6.04 Å². The third-order valence-corrected chi connectivity index (χ3v) is 3.20. The fourth-order valence-corrected chi connectivity index (χ4v) is 1.86. The molecule has 1 fully saturated rings. The second-order valence-corrected chi connectivity index (χ2v) is 4.54. The van der Waals surface area contributed by atoms with E-state index < -0.39 is 0 Å². The molecule has 1 aromatic rings. The maximum absolute atomic E-state index is 4.20. The van der Waals surface area contributed by atoms with Gasteiger partial charge in [-0.05, 0) is 31.9 Å². The van der Waals surface area contributed by atoms with Crippen molar-refractivity contribution in [3.8, 4) is 0 Å². The molecule has 2 rings (SSSR count). The highest BCUT2D eigenvalue weighted by atomic mass is 32.2. The van der Waals surface area contributed by atoms with E-state index in [1.807, 2.05) is 12.3 Å². The molecule has 1 atom stereocenters. The van der Waals surface area contributed by atoms with Crippen molar-refractivity contribution < 1.29 is 0 Å². The number of nitrogens with zero attached hydrogens (tertiary/aromatic N) is 2. The normalized spacial score (nSPS) is 17.9. The van der Waals surface area contributed by atoms with Crippen molar-refractivity contribution in [3.63, 3.8) is 0 Å². The standard InChI is InChI=1S/C10H15N3S/c1-7(8-3-4-8)13-9-5-10(14-2)12-6-11-9/h5-8H,3-4H2,1-2H3,(H,11,12,13). The van der Waals surface area contributed by atoms with Crippen molar-refractivity contribution >= 4 is 17.6 Å². The number of thioether (sulfide) groups is 1. The molecule has 76 valence electrons. The minimum Gasteiger partial charge on any atom is -0.367 e. The molecule has 1 heterocycles. The molecule has 1 aliphatic rings. The van der Waals surface area contributed by atoms with Crippen molar-refractivity contribution in [1.82, 2.24) is 9.97 Å². The molecule has 1 saturated carbocycles. The Kier molecular flexibility index (Phi) is 2.91. The van der Waals surface area contributed by atoms with Gasteiger partial charge in [-0.15, -0.1) is 11.8 Å². The number of aromatic nitrogens is 2. The lowest BCUT2D eigenvalue weighted by Gasteiger charge is -2.13. The molecule has 1 N–H and O–H groups in total. The Morgan fingerprint density at radius 1 is 1.50 bits per heavy atom. The summed E-state index contributed by atoms with van der Waals surface area (Å²) in [4.78, 5) is 8.34. The number of anilines is 1. The molecule has 0 radical (unpaired) electrons. The van der Waals surface area contributed by atoms with Crippen LogP contribution in [0.4, 0.5) is 5.82 Å². The van der Waals surface area contributed by atoms with Gasteiger partial charge in [0.15, 0.2) is 0 Å². The summed E-state index contributed by atoms with van der Waals surface area (Å²) in [6, 6.07) is 2.54. The third kappa shape index (κ3) is 2.38. The molecular weight excluding hydrogens is 194 g/mol. The van der Waals surface area contributed by atoms with Crippen LogP contribution in [0.25, 0.3) is 0 Å². The van der Waals surface area contributed by atoms with E-state index in [1.165, 1.54) is 12.8 Å². The van der Waals surface area contributed by atoms with Crippen LogP contribution in [0, 0.1) is 5.92 Å². The summed E-state index contributed by atoms with van der Waals surface area (Å²) in [5, 5.41) is 4.43. The van der Waals surface area contributed by atoms with Crippen molar-refractivity contribution in [2.75, 3.05) is 11.6 Å². The molecule has 3 nitrogen and oxygen atoms in total. The Labute approximate surface area is 88.7 Å². The van der Waals surface area contributed by atoms with Gasteiger partial charge in [0.05, 0.1) is 0 Å². The van der Waals surface area contributed by atoms with Crippen LogP contribution in [-0.2, 0) is 0 Å². The van der Waals surface area contributed by atoms with Gasteiger partial charge in [0.25, 0.3) is 0 Å². The summed E-state index contributed by atoms with van der Waals surface area (Å²) in [6.45, 7) is 2.22. The van der Waals surface area contributed by atoms with Crippen LogP contribution < -0.4 is 5.32 Å². The first kappa shape index (κ1) is 9.77. The van der Waals surface area contributed by atoms with Gasteiger partial charge in [-0.2, -0.15) is 0 Å². The maximum Gasteiger partial charge on any atom is 0.130 e. The minimum absolute atomic E-state index is 0.541. The van der Waals surface area contributed by atoms with E-state index in [1.54, 1.807) is 18.1 Å². The van der Waals surface area contributed by atoms with Gasteiger partial charge < -0.3 is 5.32 Å². The van der Waals surface area contributed by atoms with Crippen LogP contribution in [0.15, 0.2) is 17.4 Å². The lowest BCUT2D eigenvalue weighted by atomic mass is 10.2. The van der Waals surface area contributed by atoms with Crippen molar-refractivity contribution in [2.45, 2.75) is 30.8 Å². The Hall–Kier alpha value is -0.770. The number of nitrogens with one attached hydrogen (secondary N) is 1. The number of hydrogen-bond acceptors (Lipinski definition) is 4. The minimum atomic E-state index is 0.541. The fourth-order valence-electron chi connectivity index (χ4n) is 1.48. The summed E-state index contributed by atoms with van der Waals surface area (Å²) in [7, 11) is 0. The van der Waals surface area contributed by atoms with Gasteiger partial charge in [0.1, 0.15) is 17.2 Å². The third-order valence-electron chi connectivity index (χ3n) is 2.56. The molecule has 0 bridgehead atoms. The van der Waals surface area contributed by atoms with Gasteiger partial charge in [-0.25, -0.2) is 9.97 Å². The quantitative estimate of drug-likeness (QED) is 0.610. The predicted molar refractivity (Wildman–Crippen MR) is 59.6 cm³/mol. The Bertz CT molecular complexity index is 312. The lowest BCUT2D eigenvalue weighted by Crippen LogP contribution is -2.18. The van der Waals surface area contributed by atoms with Crippen molar-refractivity contribution in [1.29, 1.82) is 0 Å². The van der Waals surface area contributed by atoms with Crippen LogP contribution in [0.1, 0.15) is 19.8 Å². The number of hydrogen-bond donors (Lipinski definition) is 1. The monoisotopic (exact) mass is 209 g/mol. The van der Waals surface area contributed by atoms with Crippen molar-refractivity contribution in [2.24, 2.45) is 5.92 Å². The molecule has 14 heavy (non-hydrogen) atoms. The molecule has 1 aromatic heterocycles. The van der Waals surface area contributed by atoms with Gasteiger partial charge in [-0.1, -0.05) is 0 Å². The zero-order valence-electron chi connectivity index (χ0n) is 8.53. The van der Waals surface area contributed by atoms with E-state index in [-0.39, 0.29) is 0 Å². The molecule has 1 unspecified atom stereocenters. The molecule has 0 saturated heterocycles. The Morgan fingerprint density at radius 3 is 2.93 bits per heavy atom. The second-order valence-electron chi connectivity index (χ2n) is 3.72. The van der Waals surface area contributed by atoms with Crippen LogP contribution in [0.3, 0.4) is 0 Å². The van der Waals surface area contributed by atoms with Crippen LogP contribution in [-0.4, -0.2) is 22.3 Å². The van der Waals surface area contributed by atoms with E-state index in [2.05, 4.69) is 22.2 Å². The van der Waals surface area contributed by atoms with Gasteiger partial charge in [-0.3, -0.25) is 0 Å². The summed E-state index contributed by atoms with van der Waals surface area (Å²) in [5.74, 6) is 1.80. The largest absolute Gasteiger partial charge is 0.367 e. The average molecular weight is 209 g/mol. The maximum atomic E-state index is 4.20. The van der Waals surface area contributed by atoms with E-state index >= 15 is 0 Å². The van der Waals surface area contributed by atoms with Crippen LogP contribution in [0.2, 0.25) is 0 Å². The van der Waals surface area contributed by atoms with Crippen LogP contribution >= 0.6 is 11.8 Å². The first-order valence-corrected chi connectivity index (χ1v) is 6.14. The summed E-state index contributed by atoms with van der Waals surface area (Å²) < 4.78 is 0. The van der Waals surface area contributed by atoms with Gasteiger partial charge in [0, 0.05) is 12.1 Å². The van der Waals surface area contributed by atoms with E-state index in [4.69, 9.17) is 0 Å². The van der Waals surface area contributed by atoms with E-state index in [0.717, 1.165) is 16.8 Å². The Balaban J connectivity index is 2.00. The van der Waals surface area contributed by atoms with E-state index in [9.17, 15) is 0 Å². The highest BCUT2D eigenvalue weighted by Crippen LogP contribution is 2.33.